The fourth-order valence-electron chi connectivity index (χ4n) is 3.07. The van der Waals surface area contributed by atoms with Gasteiger partial charge in [-0.2, -0.15) is 0 Å². The zero-order valence-corrected chi connectivity index (χ0v) is 11.9. The maximum atomic E-state index is 12.5. The molecule has 0 bridgehead atoms. The standard InChI is InChI=1S/C17H19NO2/c1-3-15-14-7-6-12(2)11-13(14)8-9-18(15)17(19)16-5-4-10-20-16/h4-7,10-11,15H,3,8-9H2,1-2H3. The molecule has 0 aliphatic carbocycles. The zero-order chi connectivity index (χ0) is 14.1. The Morgan fingerprint density at radius 2 is 2.25 bits per heavy atom. The van der Waals surface area contributed by atoms with Crippen LogP contribution in [0.15, 0.2) is 41.0 Å². The van der Waals surface area contributed by atoms with Crippen LogP contribution in [0.1, 0.15) is 46.6 Å². The Morgan fingerprint density at radius 3 is 2.95 bits per heavy atom. The molecule has 0 spiro atoms. The molecule has 1 aromatic carbocycles. The van der Waals surface area contributed by atoms with E-state index in [0.717, 1.165) is 19.4 Å². The number of hydrogen-bond donors (Lipinski definition) is 0. The van der Waals surface area contributed by atoms with E-state index in [1.165, 1.54) is 16.7 Å². The van der Waals surface area contributed by atoms with E-state index in [4.69, 9.17) is 4.42 Å². The largest absolute Gasteiger partial charge is 0.459 e. The maximum absolute atomic E-state index is 12.5. The number of nitrogens with zero attached hydrogens (tertiary/aromatic N) is 1. The highest BCUT2D eigenvalue weighted by molar-refractivity contribution is 5.92. The fourth-order valence-corrected chi connectivity index (χ4v) is 3.07. The van der Waals surface area contributed by atoms with Crippen molar-refractivity contribution in [1.29, 1.82) is 0 Å². The molecule has 1 unspecified atom stereocenters. The van der Waals surface area contributed by atoms with Gasteiger partial charge >= 0.3 is 0 Å². The summed E-state index contributed by atoms with van der Waals surface area (Å²) in [4.78, 5) is 14.5. The Morgan fingerprint density at radius 1 is 1.40 bits per heavy atom. The van der Waals surface area contributed by atoms with Gasteiger partial charge in [-0.25, -0.2) is 0 Å². The summed E-state index contributed by atoms with van der Waals surface area (Å²) >= 11 is 0. The molecule has 1 aliphatic heterocycles. The van der Waals surface area contributed by atoms with Gasteiger partial charge in [0.25, 0.3) is 5.91 Å². The molecule has 20 heavy (non-hydrogen) atoms. The minimum atomic E-state index is -0.00641. The summed E-state index contributed by atoms with van der Waals surface area (Å²) in [5.41, 5.74) is 3.94. The Bertz CT molecular complexity index is 616. The molecule has 1 aliphatic rings. The van der Waals surface area contributed by atoms with Gasteiger partial charge in [-0.05, 0) is 43.0 Å². The number of rotatable bonds is 2. The normalized spacial score (nSPS) is 17.9. The number of fused-ring (bicyclic) bond motifs is 1. The predicted octanol–water partition coefficient (Wildman–Crippen LogP) is 3.74. The monoisotopic (exact) mass is 269 g/mol. The van der Waals surface area contributed by atoms with Gasteiger partial charge in [-0.3, -0.25) is 4.79 Å². The minimum Gasteiger partial charge on any atom is -0.459 e. The Hall–Kier alpha value is -2.03. The predicted molar refractivity (Wildman–Crippen MR) is 77.7 cm³/mol. The van der Waals surface area contributed by atoms with Crippen molar-refractivity contribution in [3.8, 4) is 0 Å². The molecule has 2 heterocycles. The Balaban J connectivity index is 1.95. The van der Waals surface area contributed by atoms with Crippen LogP contribution >= 0.6 is 0 Å². The summed E-state index contributed by atoms with van der Waals surface area (Å²) in [5, 5.41) is 0. The van der Waals surface area contributed by atoms with E-state index in [2.05, 4.69) is 32.0 Å². The van der Waals surface area contributed by atoms with Crippen molar-refractivity contribution >= 4 is 5.91 Å². The van der Waals surface area contributed by atoms with Crippen LogP contribution in [0.3, 0.4) is 0 Å². The SMILES string of the molecule is CCC1c2ccc(C)cc2CCN1C(=O)c1ccco1. The summed E-state index contributed by atoms with van der Waals surface area (Å²) in [6, 6.07) is 10.2. The Kier molecular flexibility index (Phi) is 3.35. The highest BCUT2D eigenvalue weighted by Gasteiger charge is 2.31. The second kappa shape index (κ2) is 5.16. The van der Waals surface area contributed by atoms with E-state index < -0.39 is 0 Å². The molecule has 3 rings (SSSR count). The van der Waals surface area contributed by atoms with Gasteiger partial charge in [-0.1, -0.05) is 30.7 Å². The average molecular weight is 269 g/mol. The van der Waals surface area contributed by atoms with Crippen molar-refractivity contribution in [2.24, 2.45) is 0 Å². The lowest BCUT2D eigenvalue weighted by molar-refractivity contribution is 0.0623. The first kappa shape index (κ1) is 13.0. The second-order valence-electron chi connectivity index (χ2n) is 5.35. The number of aryl methyl sites for hydroxylation is 1. The summed E-state index contributed by atoms with van der Waals surface area (Å²) in [5.74, 6) is 0.423. The highest BCUT2D eigenvalue weighted by Crippen LogP contribution is 2.33. The van der Waals surface area contributed by atoms with E-state index in [9.17, 15) is 4.79 Å². The first-order valence-corrected chi connectivity index (χ1v) is 7.14. The van der Waals surface area contributed by atoms with Crippen molar-refractivity contribution < 1.29 is 9.21 Å². The van der Waals surface area contributed by atoms with Crippen LogP contribution in [-0.4, -0.2) is 17.4 Å². The smallest absolute Gasteiger partial charge is 0.290 e. The molecule has 0 saturated carbocycles. The van der Waals surface area contributed by atoms with Crippen LogP contribution in [-0.2, 0) is 6.42 Å². The number of hydrogen-bond acceptors (Lipinski definition) is 2. The second-order valence-corrected chi connectivity index (χ2v) is 5.35. The first-order valence-electron chi connectivity index (χ1n) is 7.14. The first-order chi connectivity index (χ1) is 9.70. The van der Waals surface area contributed by atoms with Gasteiger partial charge in [0.15, 0.2) is 5.76 Å². The van der Waals surface area contributed by atoms with E-state index >= 15 is 0 Å². The third-order valence-electron chi connectivity index (χ3n) is 4.04. The van der Waals surface area contributed by atoms with Gasteiger partial charge in [0, 0.05) is 6.54 Å². The summed E-state index contributed by atoms with van der Waals surface area (Å²) in [6.07, 6.45) is 3.39. The van der Waals surface area contributed by atoms with Crippen LogP contribution in [0.2, 0.25) is 0 Å². The maximum Gasteiger partial charge on any atom is 0.290 e. The number of amides is 1. The molecule has 0 N–H and O–H groups in total. The molecule has 3 heteroatoms. The Labute approximate surface area is 119 Å². The van der Waals surface area contributed by atoms with Gasteiger partial charge in [0.1, 0.15) is 0 Å². The lowest BCUT2D eigenvalue weighted by atomic mass is 9.89. The molecule has 0 saturated heterocycles. The van der Waals surface area contributed by atoms with E-state index in [-0.39, 0.29) is 11.9 Å². The van der Waals surface area contributed by atoms with E-state index in [0.29, 0.717) is 5.76 Å². The topological polar surface area (TPSA) is 33.5 Å². The fraction of sp³-hybridized carbons (Fsp3) is 0.353. The van der Waals surface area contributed by atoms with Gasteiger partial charge < -0.3 is 9.32 Å². The van der Waals surface area contributed by atoms with E-state index in [1.807, 2.05) is 4.90 Å². The van der Waals surface area contributed by atoms with Crippen LogP contribution in [0, 0.1) is 6.92 Å². The minimum absolute atomic E-state index is 0.00641. The third-order valence-corrected chi connectivity index (χ3v) is 4.04. The molecule has 0 radical (unpaired) electrons. The molecule has 104 valence electrons. The molecule has 1 aromatic heterocycles. The zero-order valence-electron chi connectivity index (χ0n) is 11.9. The number of carbonyl (C=O) groups excluding carboxylic acids is 1. The van der Waals surface area contributed by atoms with Gasteiger partial charge in [0.05, 0.1) is 12.3 Å². The molecular formula is C17H19NO2. The molecule has 1 atom stereocenters. The molecular weight excluding hydrogens is 250 g/mol. The number of benzene rings is 1. The van der Waals surface area contributed by atoms with E-state index in [1.54, 1.807) is 18.4 Å². The quantitative estimate of drug-likeness (QED) is 0.832. The molecule has 3 nitrogen and oxygen atoms in total. The number of carbonyl (C=O) groups is 1. The summed E-state index contributed by atoms with van der Waals surface area (Å²) in [6.45, 7) is 5.00. The van der Waals surface area contributed by atoms with Crippen molar-refractivity contribution in [3.63, 3.8) is 0 Å². The van der Waals surface area contributed by atoms with Crippen LogP contribution in [0.4, 0.5) is 0 Å². The van der Waals surface area contributed by atoms with Gasteiger partial charge in [0.2, 0.25) is 0 Å². The summed E-state index contributed by atoms with van der Waals surface area (Å²) < 4.78 is 5.26. The molecule has 1 amide bonds. The van der Waals surface area contributed by atoms with Crippen LogP contribution in [0.25, 0.3) is 0 Å². The summed E-state index contributed by atoms with van der Waals surface area (Å²) in [7, 11) is 0. The molecule has 2 aromatic rings. The number of furan rings is 1. The third kappa shape index (κ3) is 2.13. The van der Waals surface area contributed by atoms with Crippen molar-refractivity contribution in [2.45, 2.75) is 32.7 Å². The van der Waals surface area contributed by atoms with Crippen molar-refractivity contribution in [3.05, 3.63) is 59.0 Å². The average Bonchev–Trinajstić information content (AvgIpc) is 2.99. The van der Waals surface area contributed by atoms with Crippen LogP contribution < -0.4 is 0 Å². The lowest BCUT2D eigenvalue weighted by Crippen LogP contribution is -2.39. The van der Waals surface area contributed by atoms with Crippen LogP contribution in [0.5, 0.6) is 0 Å². The van der Waals surface area contributed by atoms with Gasteiger partial charge in [-0.15, -0.1) is 0 Å². The molecule has 0 fully saturated rings. The lowest BCUT2D eigenvalue weighted by Gasteiger charge is -2.36. The highest BCUT2D eigenvalue weighted by atomic mass is 16.3. The van der Waals surface area contributed by atoms with Crippen molar-refractivity contribution in [1.82, 2.24) is 4.90 Å². The van der Waals surface area contributed by atoms with Crippen molar-refractivity contribution in [2.75, 3.05) is 6.54 Å².